The molecule has 0 saturated carbocycles. The van der Waals surface area contributed by atoms with E-state index in [1.54, 1.807) is 18.6 Å². The molecule has 10 aromatic carbocycles. The first-order chi connectivity index (χ1) is 60.0. The molecule has 0 aliphatic heterocycles. The van der Waals surface area contributed by atoms with Crippen LogP contribution in [0.5, 0.6) is 0 Å². The van der Waals surface area contributed by atoms with Crippen molar-refractivity contribution in [2.45, 2.75) is 60.1 Å². The van der Waals surface area contributed by atoms with Crippen LogP contribution >= 0.6 is 0 Å². The van der Waals surface area contributed by atoms with Gasteiger partial charge in [0.2, 0.25) is 0 Å². The second-order valence-corrected chi connectivity index (χ2v) is 44.7. The molecule has 0 aliphatic rings. The third kappa shape index (κ3) is 21.3. The molecule has 3 radical (unpaired) electrons. The molecule has 0 N–H and O–H groups in total. The minimum Gasteiger partial charge on any atom is -0.500 e. The van der Waals surface area contributed by atoms with Crippen molar-refractivity contribution in [1.29, 1.82) is 0 Å². The van der Waals surface area contributed by atoms with E-state index < -0.39 is 24.2 Å². The summed E-state index contributed by atoms with van der Waals surface area (Å²) in [6, 6.07) is 129. The molecule has 0 aliphatic carbocycles. The summed E-state index contributed by atoms with van der Waals surface area (Å²) >= 11 is 0. The van der Waals surface area contributed by atoms with Gasteiger partial charge in [-0.2, -0.15) is 0 Å². The smallest absolute Gasteiger partial charge is 0.142 e. The van der Waals surface area contributed by atoms with E-state index in [4.69, 9.17) is 28.2 Å². The third-order valence-electron chi connectivity index (χ3n) is 22.1. The van der Waals surface area contributed by atoms with E-state index in [0.29, 0.717) is 5.71 Å². The van der Waals surface area contributed by atoms with Crippen molar-refractivity contribution >= 4 is 121 Å². The van der Waals surface area contributed by atoms with Crippen LogP contribution in [0, 0.1) is 57.3 Å². The number of furan rings is 3. The van der Waals surface area contributed by atoms with Crippen molar-refractivity contribution in [2.24, 2.45) is 0 Å². The van der Waals surface area contributed by atoms with Crippen LogP contribution in [0.4, 0.5) is 0 Å². The van der Waals surface area contributed by atoms with Crippen molar-refractivity contribution < 1.29 is 73.6 Å². The minimum absolute atomic E-state index is 0. The molecule has 0 saturated heterocycles. The van der Waals surface area contributed by atoms with Crippen molar-refractivity contribution in [1.82, 2.24) is 39.9 Å². The molecule has 11 nitrogen and oxygen atoms in total. The van der Waals surface area contributed by atoms with E-state index in [0.717, 1.165) is 139 Å². The van der Waals surface area contributed by atoms with Crippen LogP contribution in [0.2, 0.25) is 39.3 Å². The van der Waals surface area contributed by atoms with Gasteiger partial charge in [0.1, 0.15) is 46.7 Å². The molecule has 0 spiro atoms. The zero-order valence-electron chi connectivity index (χ0n) is 71.0. The minimum atomic E-state index is -1.76. The predicted molar refractivity (Wildman–Crippen MR) is 512 cm³/mol. The molecule has 0 amide bonds. The first kappa shape index (κ1) is 91.1. The Morgan fingerprint density at radius 3 is 1.08 bits per heavy atom. The molecule has 11 heterocycles. The Hall–Kier alpha value is -12.6. The number of para-hydroxylation sites is 1. The summed E-state index contributed by atoms with van der Waals surface area (Å²) in [6.07, 6.45) is 14.5. The number of pyridine rings is 8. The van der Waals surface area contributed by atoms with E-state index in [1.807, 2.05) is 190 Å². The van der Waals surface area contributed by atoms with E-state index >= 15 is 0 Å². The fourth-order valence-corrected chi connectivity index (χ4v) is 21.6. The third-order valence-corrected chi connectivity index (χ3v) is 32.7. The molecule has 11 aromatic heterocycles. The van der Waals surface area contributed by atoms with E-state index in [2.05, 4.69) is 284 Å². The van der Waals surface area contributed by atoms with Crippen molar-refractivity contribution in [3.8, 4) is 67.5 Å². The number of hydrogen-bond acceptors (Lipinski definition) is 11. The standard InChI is InChI=1S/C26H23N2OSi.C26H22NOSi.C24H19N2OSi.3C11H8N.3Ir/c1-17-14-23-22-15-19(10-13-25(22)29-26(23)18(2)28-17)24-12-11-21(16-27-24)30(3,4)20-8-6-5-7-9-20;1-18-9-12-22-23-16-19(10-14-25(23)28-26(22)15-18)24-13-11-21(17-27-24)29(2,3)20-7-5-4-6-8-20;1-28(2,18-8-4-3-5-9-18)19-12-13-22(25-16-19)17-14-21-20-10-6-7-11-23(20)27-24(21)26-15-17;3*1-2-6-10(7-3-1)11-8-4-5-9-12-11;;;/h5-9,11-16H,1-4H3;4-9,11-17H,1-3H3;3-14,16H,1-2H3;3*1-6,8-9H;;;/q6*-1;;;. The maximum Gasteiger partial charge on any atom is 0.142 e. The largest absolute Gasteiger partial charge is 0.500 e. The average molecular weight is 2220 g/mol. The molecular formula is C109H88Ir3N8O3Si3-6. The number of benzene rings is 10. The van der Waals surface area contributed by atoms with Crippen LogP contribution < -0.4 is 31.1 Å². The topological polar surface area (TPSA) is 143 Å². The normalized spacial score (nSPS) is 11.0. The van der Waals surface area contributed by atoms with Crippen molar-refractivity contribution in [3.63, 3.8) is 0 Å². The summed E-state index contributed by atoms with van der Waals surface area (Å²) in [7, 11) is -5.25. The molecule has 0 bridgehead atoms. The Kier molecular flexibility index (Phi) is 30.3. The maximum atomic E-state index is 6.03. The summed E-state index contributed by atoms with van der Waals surface area (Å²) < 4.78 is 17.8. The van der Waals surface area contributed by atoms with Crippen molar-refractivity contribution in [3.05, 3.63) is 424 Å². The number of aryl methyl sites for hydroxylation is 3. The number of nitrogens with zero attached hydrogens (tertiary/aromatic N) is 8. The van der Waals surface area contributed by atoms with Gasteiger partial charge in [-0.1, -0.05) is 260 Å². The quantitative estimate of drug-likeness (QED) is 0.0852. The van der Waals surface area contributed by atoms with Crippen LogP contribution in [0.1, 0.15) is 17.0 Å². The van der Waals surface area contributed by atoms with Gasteiger partial charge in [0.15, 0.2) is 0 Å². The average Bonchev–Trinajstić information content (AvgIpc) is 1.61. The fraction of sp³-hybridized carbons (Fsp3) is 0.0826. The SMILES string of the molecule is C[Si](C)(c1ccccc1)c1ccc(-c2[c-]nc3oc4ccccc4c3c2)nc1.Cc1cc2c(oc3c[c-]c(-c4ccc([Si](C)(C)c5ccccc5)cn4)cc32)c(C)n1.Cc1ccc2c(c1)oc1c[c-]c(-c3ccc([Si](C)(C)c4ccccc4)cn3)cc12.[Ir].[Ir].[Ir].[c-]1ccccc1-c1ccccn1.[c-]1ccccc1-c1ccccn1.[c-]1ccccc1-c1ccccn1. The Morgan fingerprint density at radius 2 is 0.659 bits per heavy atom. The number of rotatable bonds is 12. The van der Waals surface area contributed by atoms with Gasteiger partial charge in [-0.25, -0.2) is 0 Å². The first-order valence-corrected chi connectivity index (χ1v) is 50.0. The second kappa shape index (κ2) is 41.9. The summed E-state index contributed by atoms with van der Waals surface area (Å²) in [5.74, 6) is 0. The van der Waals surface area contributed by atoms with Crippen LogP contribution in [0.3, 0.4) is 0 Å². The molecule has 126 heavy (non-hydrogen) atoms. The maximum absolute atomic E-state index is 6.03. The predicted octanol–water partition coefficient (Wildman–Crippen LogP) is 23.2. The zero-order valence-corrected chi connectivity index (χ0v) is 81.2. The molecule has 0 atom stereocenters. The van der Waals surface area contributed by atoms with Gasteiger partial charge >= 0.3 is 0 Å². The monoisotopic (exact) mass is 2220 g/mol. The first-order valence-electron chi connectivity index (χ1n) is 41.0. The van der Waals surface area contributed by atoms with Gasteiger partial charge in [-0.15, -0.1) is 167 Å². The van der Waals surface area contributed by atoms with Crippen LogP contribution in [-0.2, 0) is 60.3 Å². The summed E-state index contributed by atoms with van der Waals surface area (Å²) in [4.78, 5) is 35.9. The molecule has 0 unspecified atom stereocenters. The van der Waals surface area contributed by atoms with Gasteiger partial charge in [-0.05, 0) is 124 Å². The molecule has 17 heteroatoms. The number of aromatic nitrogens is 8. The Morgan fingerprint density at radius 1 is 0.270 bits per heavy atom. The molecule has 21 rings (SSSR count). The van der Waals surface area contributed by atoms with Gasteiger partial charge < -0.3 is 48.1 Å². The van der Waals surface area contributed by atoms with Gasteiger partial charge in [0.05, 0.1) is 16.9 Å². The molecule has 627 valence electrons. The summed E-state index contributed by atoms with van der Waals surface area (Å²) in [5.41, 5.74) is 19.6. The van der Waals surface area contributed by atoms with E-state index in [-0.39, 0.29) is 60.3 Å². The van der Waals surface area contributed by atoms with E-state index in [9.17, 15) is 0 Å². The summed E-state index contributed by atoms with van der Waals surface area (Å²) in [5, 5.41) is 14.7. The van der Waals surface area contributed by atoms with Crippen LogP contribution in [-0.4, -0.2) is 64.1 Å². The van der Waals surface area contributed by atoms with Gasteiger partial charge in [-0.3, -0.25) is 4.98 Å². The van der Waals surface area contributed by atoms with Crippen LogP contribution in [0.15, 0.2) is 384 Å². The summed E-state index contributed by atoms with van der Waals surface area (Å²) in [6.45, 7) is 20.3. The Labute approximate surface area is 779 Å². The molecular weight excluding hydrogens is 2130 g/mol. The Balaban J connectivity index is 0.000000134. The second-order valence-electron chi connectivity index (χ2n) is 31.5. The Bertz CT molecular complexity index is 6790. The zero-order chi connectivity index (χ0) is 84.7. The van der Waals surface area contributed by atoms with Crippen LogP contribution in [0.25, 0.3) is 133 Å². The molecule has 21 aromatic rings. The van der Waals surface area contributed by atoms with Crippen molar-refractivity contribution in [2.75, 3.05) is 0 Å². The van der Waals surface area contributed by atoms with Gasteiger partial charge in [0, 0.05) is 119 Å². The number of fused-ring (bicyclic) bond motifs is 9. The molecule has 0 fully saturated rings. The fourth-order valence-electron chi connectivity index (χ4n) is 14.9. The van der Waals surface area contributed by atoms with E-state index in [1.165, 1.54) is 36.7 Å². The number of hydrogen-bond donors (Lipinski definition) is 0. The van der Waals surface area contributed by atoms with Gasteiger partial charge in [0.25, 0.3) is 0 Å².